The van der Waals surface area contributed by atoms with Gasteiger partial charge in [-0.1, -0.05) is 41.9 Å². The minimum Gasteiger partial charge on any atom is -0.484 e. The molecule has 1 heterocycles. The van der Waals surface area contributed by atoms with Crippen molar-refractivity contribution < 1.29 is 19.1 Å². The van der Waals surface area contributed by atoms with Gasteiger partial charge in [0, 0.05) is 10.1 Å². The fourth-order valence-corrected chi connectivity index (χ4v) is 4.37. The third kappa shape index (κ3) is 5.77. The summed E-state index contributed by atoms with van der Waals surface area (Å²) in [5.74, 6) is 0.111. The van der Waals surface area contributed by atoms with E-state index in [1.165, 1.54) is 17.6 Å². The van der Waals surface area contributed by atoms with Crippen LogP contribution in [0.4, 0.5) is 0 Å². The van der Waals surface area contributed by atoms with Crippen molar-refractivity contribution in [2.45, 2.75) is 6.92 Å². The predicted molar refractivity (Wildman–Crippen MR) is 131 cm³/mol. The second kappa shape index (κ2) is 10.3. The molecule has 0 atom stereocenters. The van der Waals surface area contributed by atoms with E-state index in [9.17, 15) is 9.59 Å². The van der Waals surface area contributed by atoms with Crippen LogP contribution in [0.2, 0.25) is 5.02 Å². The van der Waals surface area contributed by atoms with E-state index in [0.717, 1.165) is 21.2 Å². The highest BCUT2D eigenvalue weighted by Gasteiger charge is 2.18. The number of nitrogens with zero attached hydrogens (tertiary/aromatic N) is 1. The third-order valence-corrected chi connectivity index (χ3v) is 6.23. The average molecular weight is 479 g/mol. The molecule has 0 spiro atoms. The van der Waals surface area contributed by atoms with Gasteiger partial charge >= 0.3 is 5.97 Å². The molecule has 0 saturated carbocycles. The topological polar surface area (TPSA) is 77.0 Å². The lowest BCUT2D eigenvalue weighted by molar-refractivity contribution is -0.123. The average Bonchev–Trinajstić information content (AvgIpc) is 3.16. The van der Waals surface area contributed by atoms with Crippen molar-refractivity contribution in [1.82, 2.24) is 5.43 Å². The van der Waals surface area contributed by atoms with E-state index in [4.69, 9.17) is 21.1 Å². The quantitative estimate of drug-likeness (QED) is 0.162. The Morgan fingerprint density at radius 2 is 1.82 bits per heavy atom. The molecule has 0 aliphatic carbocycles. The van der Waals surface area contributed by atoms with Crippen LogP contribution in [0.15, 0.2) is 77.9 Å². The van der Waals surface area contributed by atoms with Gasteiger partial charge in [-0.15, -0.1) is 11.3 Å². The summed E-state index contributed by atoms with van der Waals surface area (Å²) < 4.78 is 11.8. The normalized spacial score (nSPS) is 11.0. The van der Waals surface area contributed by atoms with Crippen LogP contribution < -0.4 is 14.9 Å². The lowest BCUT2D eigenvalue weighted by atomic mass is 10.2. The highest BCUT2D eigenvalue weighted by atomic mass is 35.5. The molecule has 3 aromatic carbocycles. The minimum atomic E-state index is -0.511. The molecular formula is C25H19ClN2O4S. The number of esters is 1. The van der Waals surface area contributed by atoms with E-state index in [1.54, 1.807) is 30.3 Å². The van der Waals surface area contributed by atoms with Crippen molar-refractivity contribution in [2.75, 3.05) is 6.61 Å². The number of fused-ring (bicyclic) bond motifs is 1. The van der Waals surface area contributed by atoms with E-state index in [2.05, 4.69) is 10.5 Å². The van der Waals surface area contributed by atoms with Gasteiger partial charge in [0.2, 0.25) is 0 Å². The first-order valence-electron chi connectivity index (χ1n) is 10.0. The molecule has 1 aromatic heterocycles. The summed E-state index contributed by atoms with van der Waals surface area (Å²) in [5.41, 5.74) is 4.18. The largest absolute Gasteiger partial charge is 0.484 e. The van der Waals surface area contributed by atoms with Gasteiger partial charge in [0.15, 0.2) is 6.61 Å². The zero-order valence-electron chi connectivity index (χ0n) is 17.6. The first-order chi connectivity index (χ1) is 16.0. The molecule has 6 nitrogen and oxygen atoms in total. The van der Waals surface area contributed by atoms with E-state index >= 15 is 0 Å². The molecule has 0 bridgehead atoms. The lowest BCUT2D eigenvalue weighted by Gasteiger charge is -2.05. The van der Waals surface area contributed by atoms with Crippen LogP contribution in [0, 0.1) is 6.92 Å². The Morgan fingerprint density at radius 3 is 2.58 bits per heavy atom. The maximum absolute atomic E-state index is 12.5. The first-order valence-corrected chi connectivity index (χ1v) is 11.2. The summed E-state index contributed by atoms with van der Waals surface area (Å²) in [6.45, 7) is 1.80. The highest BCUT2D eigenvalue weighted by molar-refractivity contribution is 7.21. The monoisotopic (exact) mass is 478 g/mol. The molecule has 4 rings (SSSR count). The molecule has 1 amide bonds. The van der Waals surface area contributed by atoms with Gasteiger partial charge in [0.25, 0.3) is 5.91 Å². The molecule has 0 unspecified atom stereocenters. The number of ether oxygens (including phenoxy) is 2. The standard InChI is InChI=1S/C25H19ClN2O4S/c1-16-5-4-6-19(13-16)31-15-22(29)28-27-14-17-9-11-18(12-10-17)32-25(30)24-23(26)20-7-2-3-8-21(20)33-24/h2-14H,15H2,1H3,(H,28,29)/b27-14-. The van der Waals surface area contributed by atoms with Gasteiger partial charge in [-0.05, 0) is 60.5 Å². The van der Waals surface area contributed by atoms with Gasteiger partial charge < -0.3 is 9.47 Å². The molecule has 0 saturated heterocycles. The number of rotatable bonds is 7. The molecule has 0 aliphatic rings. The van der Waals surface area contributed by atoms with Crippen molar-refractivity contribution in [2.24, 2.45) is 5.10 Å². The maximum Gasteiger partial charge on any atom is 0.355 e. The summed E-state index contributed by atoms with van der Waals surface area (Å²) in [4.78, 5) is 24.8. The summed E-state index contributed by atoms with van der Waals surface area (Å²) in [7, 11) is 0. The molecule has 8 heteroatoms. The molecule has 1 N–H and O–H groups in total. The first kappa shape index (κ1) is 22.5. The van der Waals surface area contributed by atoms with Crippen LogP contribution in [0.3, 0.4) is 0 Å². The number of benzene rings is 3. The molecule has 166 valence electrons. The SMILES string of the molecule is Cc1cccc(OCC(=O)N/N=C\c2ccc(OC(=O)c3sc4ccccc4c3Cl)cc2)c1. The number of hydrazone groups is 1. The smallest absolute Gasteiger partial charge is 0.355 e. The number of aryl methyl sites for hydroxylation is 1. The van der Waals surface area contributed by atoms with Crippen LogP contribution in [0.25, 0.3) is 10.1 Å². The Hall–Kier alpha value is -3.68. The van der Waals surface area contributed by atoms with Crippen molar-refractivity contribution in [3.63, 3.8) is 0 Å². The molecule has 33 heavy (non-hydrogen) atoms. The van der Waals surface area contributed by atoms with Gasteiger partial charge in [-0.3, -0.25) is 4.79 Å². The Balaban J connectivity index is 1.29. The summed E-state index contributed by atoms with van der Waals surface area (Å²) >= 11 is 7.63. The number of hydrogen-bond acceptors (Lipinski definition) is 6. The Morgan fingerprint density at radius 1 is 1.03 bits per heavy atom. The highest BCUT2D eigenvalue weighted by Crippen LogP contribution is 2.35. The van der Waals surface area contributed by atoms with Gasteiger partial charge in [0.05, 0.1) is 11.2 Å². The Kier molecular flexibility index (Phi) is 7.02. The number of hydrogen-bond donors (Lipinski definition) is 1. The third-order valence-electron chi connectivity index (χ3n) is 4.57. The van der Waals surface area contributed by atoms with Crippen molar-refractivity contribution in [3.8, 4) is 11.5 Å². The zero-order valence-corrected chi connectivity index (χ0v) is 19.2. The molecular weight excluding hydrogens is 460 g/mol. The molecule has 0 fully saturated rings. The fourth-order valence-electron chi connectivity index (χ4n) is 2.99. The minimum absolute atomic E-state index is 0.143. The Labute approximate surface area is 199 Å². The zero-order chi connectivity index (χ0) is 23.2. The lowest BCUT2D eigenvalue weighted by Crippen LogP contribution is -2.24. The summed E-state index contributed by atoms with van der Waals surface area (Å²) in [5, 5.41) is 5.14. The molecule has 0 radical (unpaired) electrons. The predicted octanol–water partition coefficient (Wildman–Crippen LogP) is 5.61. The number of amides is 1. The van der Waals surface area contributed by atoms with Crippen LogP contribution in [-0.4, -0.2) is 24.7 Å². The number of nitrogens with one attached hydrogen (secondary N) is 1. The van der Waals surface area contributed by atoms with E-state index in [1.807, 2.05) is 49.4 Å². The van der Waals surface area contributed by atoms with E-state index < -0.39 is 5.97 Å². The van der Waals surface area contributed by atoms with Crippen molar-refractivity contribution >= 4 is 51.1 Å². The van der Waals surface area contributed by atoms with Gasteiger partial charge in [-0.2, -0.15) is 5.10 Å². The summed E-state index contributed by atoms with van der Waals surface area (Å²) in [6.07, 6.45) is 1.49. The number of carbonyl (C=O) groups excluding carboxylic acids is 2. The summed E-state index contributed by atoms with van der Waals surface area (Å²) in [6, 6.07) is 21.7. The second-order valence-corrected chi connectivity index (χ2v) is 8.53. The maximum atomic E-state index is 12.5. The van der Waals surface area contributed by atoms with Crippen molar-refractivity contribution in [1.29, 1.82) is 0 Å². The van der Waals surface area contributed by atoms with Crippen LogP contribution in [-0.2, 0) is 4.79 Å². The second-order valence-electron chi connectivity index (χ2n) is 7.10. The van der Waals surface area contributed by atoms with Crippen LogP contribution in [0.1, 0.15) is 20.8 Å². The molecule has 4 aromatic rings. The Bertz CT molecular complexity index is 1330. The molecule has 0 aliphatic heterocycles. The number of halogens is 1. The van der Waals surface area contributed by atoms with E-state index in [0.29, 0.717) is 21.4 Å². The van der Waals surface area contributed by atoms with Crippen LogP contribution >= 0.6 is 22.9 Å². The fraction of sp³-hybridized carbons (Fsp3) is 0.0800. The number of thiophene rings is 1. The van der Waals surface area contributed by atoms with Crippen molar-refractivity contribution in [3.05, 3.63) is 93.8 Å². The number of carbonyl (C=O) groups is 2. The van der Waals surface area contributed by atoms with Crippen LogP contribution in [0.5, 0.6) is 11.5 Å². The van der Waals surface area contributed by atoms with E-state index in [-0.39, 0.29) is 12.5 Å². The van der Waals surface area contributed by atoms with Gasteiger partial charge in [0.1, 0.15) is 16.4 Å². The van der Waals surface area contributed by atoms with Gasteiger partial charge in [-0.25, -0.2) is 10.2 Å².